The van der Waals surface area contributed by atoms with Crippen molar-refractivity contribution >= 4 is 11.6 Å². The van der Waals surface area contributed by atoms with Gasteiger partial charge < -0.3 is 5.32 Å². The van der Waals surface area contributed by atoms with E-state index in [2.05, 4.69) is 21.6 Å². The average Bonchev–Trinajstić information content (AvgIpc) is 2.55. The van der Waals surface area contributed by atoms with Gasteiger partial charge in [-0.2, -0.15) is 0 Å². The first-order chi connectivity index (χ1) is 11.1. The largest absolute Gasteiger partial charge is 0.321 e. The maximum Gasteiger partial charge on any atom is 0.276 e. The maximum atomic E-state index is 12.3. The van der Waals surface area contributed by atoms with Gasteiger partial charge in [0.1, 0.15) is 0 Å². The van der Waals surface area contributed by atoms with Crippen LogP contribution in [0.3, 0.4) is 0 Å². The first kappa shape index (κ1) is 14.9. The van der Waals surface area contributed by atoms with E-state index >= 15 is 0 Å². The summed E-state index contributed by atoms with van der Waals surface area (Å²) in [6, 6.07) is 19.2. The molecule has 0 radical (unpaired) electrons. The summed E-state index contributed by atoms with van der Waals surface area (Å²) in [6.45, 7) is 3.99. The van der Waals surface area contributed by atoms with E-state index < -0.39 is 0 Å². The number of benzene rings is 2. The van der Waals surface area contributed by atoms with Gasteiger partial charge in [-0.15, -0.1) is 10.2 Å². The van der Waals surface area contributed by atoms with Gasteiger partial charge in [0.05, 0.1) is 5.69 Å². The van der Waals surface area contributed by atoms with Crippen LogP contribution in [0.4, 0.5) is 5.69 Å². The number of carbonyl (C=O) groups is 1. The molecule has 0 fully saturated rings. The first-order valence-corrected chi connectivity index (χ1v) is 7.40. The molecular formula is C19H17N3O. The number of amides is 1. The minimum absolute atomic E-state index is 0.262. The summed E-state index contributed by atoms with van der Waals surface area (Å²) in [7, 11) is 0. The zero-order valence-corrected chi connectivity index (χ0v) is 13.1. The SMILES string of the molecule is Cc1cc(C)cc(NC(=O)c2ccc(-c3ccccc3)nn2)c1. The highest BCUT2D eigenvalue weighted by Crippen LogP contribution is 2.17. The number of hydrogen-bond acceptors (Lipinski definition) is 3. The fraction of sp³-hybridized carbons (Fsp3) is 0.105. The predicted octanol–water partition coefficient (Wildman–Crippen LogP) is 4.01. The molecule has 4 heteroatoms. The molecule has 23 heavy (non-hydrogen) atoms. The first-order valence-electron chi connectivity index (χ1n) is 7.40. The molecule has 3 rings (SSSR count). The molecule has 114 valence electrons. The molecule has 1 aromatic heterocycles. The summed E-state index contributed by atoms with van der Waals surface area (Å²) in [4.78, 5) is 12.3. The van der Waals surface area contributed by atoms with Crippen molar-refractivity contribution in [2.75, 3.05) is 5.32 Å². The van der Waals surface area contributed by atoms with Crippen molar-refractivity contribution in [1.82, 2.24) is 10.2 Å². The number of nitrogens with zero attached hydrogens (tertiary/aromatic N) is 2. The average molecular weight is 303 g/mol. The third kappa shape index (κ3) is 3.61. The van der Waals surface area contributed by atoms with E-state index in [1.807, 2.05) is 56.3 Å². The molecule has 0 aliphatic rings. The van der Waals surface area contributed by atoms with Crippen molar-refractivity contribution in [2.24, 2.45) is 0 Å². The van der Waals surface area contributed by atoms with E-state index in [1.165, 1.54) is 0 Å². The summed E-state index contributed by atoms with van der Waals surface area (Å²) in [5, 5.41) is 11.0. The summed E-state index contributed by atoms with van der Waals surface area (Å²) < 4.78 is 0. The predicted molar refractivity (Wildman–Crippen MR) is 91.3 cm³/mol. The zero-order chi connectivity index (χ0) is 16.2. The van der Waals surface area contributed by atoms with E-state index in [1.54, 1.807) is 12.1 Å². The van der Waals surface area contributed by atoms with Crippen LogP contribution < -0.4 is 5.32 Å². The maximum absolute atomic E-state index is 12.3. The van der Waals surface area contributed by atoms with Gasteiger partial charge in [-0.1, -0.05) is 36.4 Å². The fourth-order valence-corrected chi connectivity index (χ4v) is 2.46. The van der Waals surface area contributed by atoms with Crippen LogP contribution in [0.2, 0.25) is 0 Å². The van der Waals surface area contributed by atoms with Crippen molar-refractivity contribution in [3.8, 4) is 11.3 Å². The summed E-state index contributed by atoms with van der Waals surface area (Å²) in [6.07, 6.45) is 0. The topological polar surface area (TPSA) is 54.9 Å². The zero-order valence-electron chi connectivity index (χ0n) is 13.1. The van der Waals surface area contributed by atoms with E-state index in [0.717, 1.165) is 28.1 Å². The summed E-state index contributed by atoms with van der Waals surface area (Å²) >= 11 is 0. The number of nitrogens with one attached hydrogen (secondary N) is 1. The number of aromatic nitrogens is 2. The smallest absolute Gasteiger partial charge is 0.276 e. The van der Waals surface area contributed by atoms with Crippen LogP contribution in [0.15, 0.2) is 60.7 Å². The molecule has 0 aliphatic heterocycles. The number of rotatable bonds is 3. The van der Waals surface area contributed by atoms with Gasteiger partial charge in [0.15, 0.2) is 5.69 Å². The number of hydrogen-bond donors (Lipinski definition) is 1. The van der Waals surface area contributed by atoms with Crippen molar-refractivity contribution in [3.63, 3.8) is 0 Å². The Kier molecular flexibility index (Phi) is 4.15. The van der Waals surface area contributed by atoms with Crippen LogP contribution in [0, 0.1) is 13.8 Å². The molecule has 1 amide bonds. The third-order valence-electron chi connectivity index (χ3n) is 3.45. The van der Waals surface area contributed by atoms with Crippen molar-refractivity contribution in [2.45, 2.75) is 13.8 Å². The molecule has 1 N–H and O–H groups in total. The normalized spacial score (nSPS) is 10.3. The lowest BCUT2D eigenvalue weighted by Crippen LogP contribution is -2.14. The second kappa shape index (κ2) is 6.40. The molecule has 0 bridgehead atoms. The lowest BCUT2D eigenvalue weighted by molar-refractivity contribution is 0.102. The molecule has 0 unspecified atom stereocenters. The van der Waals surface area contributed by atoms with E-state index in [-0.39, 0.29) is 5.91 Å². The number of carbonyl (C=O) groups excluding carboxylic acids is 1. The molecule has 0 aliphatic carbocycles. The van der Waals surface area contributed by atoms with Gasteiger partial charge in [-0.05, 0) is 49.2 Å². The van der Waals surface area contributed by atoms with Crippen molar-refractivity contribution in [1.29, 1.82) is 0 Å². The Morgan fingerprint density at radius 3 is 2.17 bits per heavy atom. The van der Waals surface area contributed by atoms with E-state index in [4.69, 9.17) is 0 Å². The second-order valence-corrected chi connectivity index (χ2v) is 5.50. The van der Waals surface area contributed by atoms with Gasteiger partial charge in [0, 0.05) is 11.3 Å². The Morgan fingerprint density at radius 2 is 1.57 bits per heavy atom. The Labute approximate surface area is 135 Å². The molecule has 0 spiro atoms. The minimum Gasteiger partial charge on any atom is -0.321 e. The number of anilines is 1. The molecule has 0 atom stereocenters. The standard InChI is InChI=1S/C19H17N3O/c1-13-10-14(2)12-16(11-13)20-19(23)18-9-8-17(21-22-18)15-6-4-3-5-7-15/h3-12H,1-2H3,(H,20,23). The van der Waals surface area contributed by atoms with Gasteiger partial charge in [0.25, 0.3) is 5.91 Å². The number of aryl methyl sites for hydroxylation is 2. The lowest BCUT2D eigenvalue weighted by Gasteiger charge is -2.07. The van der Waals surface area contributed by atoms with Crippen LogP contribution in [0.5, 0.6) is 0 Å². The molecule has 1 heterocycles. The Hall–Kier alpha value is -3.01. The minimum atomic E-state index is -0.262. The lowest BCUT2D eigenvalue weighted by atomic mass is 10.1. The molecule has 3 aromatic rings. The molecule has 4 nitrogen and oxygen atoms in total. The van der Waals surface area contributed by atoms with Gasteiger partial charge in [0.2, 0.25) is 0 Å². The quantitative estimate of drug-likeness (QED) is 0.795. The summed E-state index contributed by atoms with van der Waals surface area (Å²) in [5.74, 6) is -0.262. The highest BCUT2D eigenvalue weighted by molar-refractivity contribution is 6.02. The monoisotopic (exact) mass is 303 g/mol. The highest BCUT2D eigenvalue weighted by atomic mass is 16.1. The Bertz CT molecular complexity index is 807. The van der Waals surface area contributed by atoms with Crippen LogP contribution in [-0.2, 0) is 0 Å². The molecule has 0 saturated heterocycles. The van der Waals surface area contributed by atoms with Crippen LogP contribution in [0.1, 0.15) is 21.6 Å². The van der Waals surface area contributed by atoms with Gasteiger partial charge in [-0.25, -0.2) is 0 Å². The third-order valence-corrected chi connectivity index (χ3v) is 3.45. The van der Waals surface area contributed by atoms with Crippen LogP contribution >= 0.6 is 0 Å². The van der Waals surface area contributed by atoms with E-state index in [0.29, 0.717) is 5.69 Å². The fourth-order valence-electron chi connectivity index (χ4n) is 2.46. The molecule has 0 saturated carbocycles. The second-order valence-electron chi connectivity index (χ2n) is 5.50. The highest BCUT2D eigenvalue weighted by Gasteiger charge is 2.09. The van der Waals surface area contributed by atoms with Gasteiger partial charge >= 0.3 is 0 Å². The van der Waals surface area contributed by atoms with Gasteiger partial charge in [-0.3, -0.25) is 4.79 Å². The van der Waals surface area contributed by atoms with Crippen molar-refractivity contribution in [3.05, 3.63) is 77.5 Å². The van der Waals surface area contributed by atoms with E-state index in [9.17, 15) is 4.79 Å². The Morgan fingerprint density at radius 1 is 0.870 bits per heavy atom. The Balaban J connectivity index is 1.78. The molecular weight excluding hydrogens is 286 g/mol. The van der Waals surface area contributed by atoms with Crippen LogP contribution in [-0.4, -0.2) is 16.1 Å². The van der Waals surface area contributed by atoms with Crippen LogP contribution in [0.25, 0.3) is 11.3 Å². The summed E-state index contributed by atoms with van der Waals surface area (Å²) in [5.41, 5.74) is 4.98. The van der Waals surface area contributed by atoms with Crippen molar-refractivity contribution < 1.29 is 4.79 Å². The molecule has 2 aromatic carbocycles.